The van der Waals surface area contributed by atoms with Crippen molar-refractivity contribution in [1.82, 2.24) is 4.90 Å². The predicted octanol–water partition coefficient (Wildman–Crippen LogP) is 3.70. The number of rotatable bonds is 3. The maximum absolute atomic E-state index is 13.1. The number of halogens is 2. The van der Waals surface area contributed by atoms with E-state index in [9.17, 15) is 13.6 Å². The summed E-state index contributed by atoms with van der Waals surface area (Å²) < 4.78 is 26.0. The molecule has 2 rings (SSSR count). The van der Waals surface area contributed by atoms with Gasteiger partial charge >= 0.3 is 0 Å². The highest BCUT2D eigenvalue weighted by atomic mass is 32.2. The molecule has 1 aliphatic heterocycles. The fraction of sp³-hybridized carbons (Fsp3) is 0.533. The van der Waals surface area contributed by atoms with Gasteiger partial charge in [0, 0.05) is 18.0 Å². The third-order valence-corrected chi connectivity index (χ3v) is 4.73. The van der Waals surface area contributed by atoms with Crippen molar-refractivity contribution in [2.45, 2.75) is 36.8 Å². The molecule has 0 saturated carbocycles. The molecule has 1 atom stereocenters. The Morgan fingerprint density at radius 2 is 1.95 bits per heavy atom. The molecular weight excluding hydrogens is 280 g/mol. The Bertz CT molecular complexity index is 487. The molecular formula is C15H19F2NOS. The Hall–Kier alpha value is -1.10. The Balaban J connectivity index is 1.95. The molecule has 1 aromatic carbocycles. The van der Waals surface area contributed by atoms with Gasteiger partial charge in [-0.1, -0.05) is 6.92 Å². The largest absolute Gasteiger partial charge is 0.342 e. The Morgan fingerprint density at radius 1 is 1.30 bits per heavy atom. The molecule has 1 heterocycles. The van der Waals surface area contributed by atoms with Gasteiger partial charge < -0.3 is 4.90 Å². The van der Waals surface area contributed by atoms with Crippen LogP contribution in [0.15, 0.2) is 23.1 Å². The first-order valence-electron chi connectivity index (χ1n) is 6.88. The SMILES string of the molecule is CC1CCN(C(=O)C(C)Sc2ccc(F)c(F)c2)CC1. The summed E-state index contributed by atoms with van der Waals surface area (Å²) in [5.74, 6) is -0.986. The van der Waals surface area contributed by atoms with E-state index in [2.05, 4.69) is 6.92 Å². The first-order chi connectivity index (χ1) is 9.47. The van der Waals surface area contributed by atoms with E-state index in [4.69, 9.17) is 0 Å². The third kappa shape index (κ3) is 3.72. The number of benzene rings is 1. The van der Waals surface area contributed by atoms with Crippen LogP contribution in [0.5, 0.6) is 0 Å². The van der Waals surface area contributed by atoms with Crippen LogP contribution in [0.1, 0.15) is 26.7 Å². The number of carbonyl (C=O) groups excluding carboxylic acids is 1. The van der Waals surface area contributed by atoms with E-state index in [0.717, 1.165) is 38.1 Å². The average Bonchev–Trinajstić information content (AvgIpc) is 2.43. The monoisotopic (exact) mass is 299 g/mol. The zero-order valence-corrected chi connectivity index (χ0v) is 12.6. The van der Waals surface area contributed by atoms with Gasteiger partial charge in [0.15, 0.2) is 11.6 Å². The number of likely N-dealkylation sites (tertiary alicyclic amines) is 1. The van der Waals surface area contributed by atoms with Gasteiger partial charge in [-0.25, -0.2) is 8.78 Å². The van der Waals surface area contributed by atoms with Crippen LogP contribution < -0.4 is 0 Å². The lowest BCUT2D eigenvalue weighted by atomic mass is 9.99. The van der Waals surface area contributed by atoms with Crippen LogP contribution in [0.3, 0.4) is 0 Å². The molecule has 0 aliphatic carbocycles. The van der Waals surface area contributed by atoms with Gasteiger partial charge in [-0.2, -0.15) is 0 Å². The molecule has 110 valence electrons. The van der Waals surface area contributed by atoms with Gasteiger partial charge in [0.1, 0.15) is 0 Å². The summed E-state index contributed by atoms with van der Waals surface area (Å²) in [5, 5.41) is -0.284. The van der Waals surface area contributed by atoms with E-state index in [0.29, 0.717) is 10.8 Å². The summed E-state index contributed by atoms with van der Waals surface area (Å²) >= 11 is 1.27. The van der Waals surface area contributed by atoms with Crippen molar-refractivity contribution in [3.8, 4) is 0 Å². The molecule has 20 heavy (non-hydrogen) atoms. The summed E-state index contributed by atoms with van der Waals surface area (Å²) in [6.45, 7) is 5.60. The standard InChI is InChI=1S/C15H19F2NOS/c1-10-5-7-18(8-6-10)15(19)11(2)20-12-3-4-13(16)14(17)9-12/h3-4,9-11H,5-8H2,1-2H3. The highest BCUT2D eigenvalue weighted by Gasteiger charge is 2.25. The van der Waals surface area contributed by atoms with Crippen LogP contribution >= 0.6 is 11.8 Å². The van der Waals surface area contributed by atoms with Crippen LogP contribution in [0.25, 0.3) is 0 Å². The van der Waals surface area contributed by atoms with Crippen molar-refractivity contribution in [2.24, 2.45) is 5.92 Å². The summed E-state index contributed by atoms with van der Waals surface area (Å²) in [7, 11) is 0. The van der Waals surface area contributed by atoms with E-state index in [1.165, 1.54) is 17.8 Å². The van der Waals surface area contributed by atoms with Crippen molar-refractivity contribution in [3.63, 3.8) is 0 Å². The van der Waals surface area contributed by atoms with Gasteiger partial charge in [-0.3, -0.25) is 4.79 Å². The molecule has 0 N–H and O–H groups in total. The van der Waals surface area contributed by atoms with E-state index in [-0.39, 0.29) is 11.2 Å². The van der Waals surface area contributed by atoms with Crippen LogP contribution in [-0.4, -0.2) is 29.1 Å². The number of nitrogens with zero attached hydrogens (tertiary/aromatic N) is 1. The second kappa shape index (κ2) is 6.57. The van der Waals surface area contributed by atoms with E-state index in [1.807, 2.05) is 11.8 Å². The van der Waals surface area contributed by atoms with Crippen molar-refractivity contribution in [3.05, 3.63) is 29.8 Å². The van der Waals surface area contributed by atoms with Gasteiger partial charge in [0.05, 0.1) is 5.25 Å². The van der Waals surface area contributed by atoms with E-state index < -0.39 is 11.6 Å². The molecule has 0 bridgehead atoms. The van der Waals surface area contributed by atoms with E-state index in [1.54, 1.807) is 0 Å². The first-order valence-corrected chi connectivity index (χ1v) is 7.76. The smallest absolute Gasteiger partial charge is 0.235 e. The zero-order chi connectivity index (χ0) is 14.7. The van der Waals surface area contributed by atoms with Gasteiger partial charge in [0.25, 0.3) is 0 Å². The van der Waals surface area contributed by atoms with Gasteiger partial charge in [0.2, 0.25) is 5.91 Å². The molecule has 1 amide bonds. The molecule has 2 nitrogen and oxygen atoms in total. The molecule has 1 unspecified atom stereocenters. The summed E-state index contributed by atoms with van der Waals surface area (Å²) in [4.78, 5) is 14.7. The molecule has 1 aliphatic rings. The van der Waals surface area contributed by atoms with Gasteiger partial charge in [-0.15, -0.1) is 11.8 Å². The molecule has 5 heteroatoms. The first kappa shape index (κ1) is 15.3. The summed E-state index contributed by atoms with van der Waals surface area (Å²) in [6.07, 6.45) is 2.07. The molecule has 0 radical (unpaired) electrons. The van der Waals surface area contributed by atoms with Crippen molar-refractivity contribution in [1.29, 1.82) is 0 Å². The number of hydrogen-bond donors (Lipinski definition) is 0. The van der Waals surface area contributed by atoms with Crippen molar-refractivity contribution >= 4 is 17.7 Å². The summed E-state index contributed by atoms with van der Waals surface area (Å²) in [5.41, 5.74) is 0. The fourth-order valence-electron chi connectivity index (χ4n) is 2.29. The van der Waals surface area contributed by atoms with Crippen molar-refractivity contribution in [2.75, 3.05) is 13.1 Å². The van der Waals surface area contributed by atoms with E-state index >= 15 is 0 Å². The highest BCUT2D eigenvalue weighted by molar-refractivity contribution is 8.00. The summed E-state index contributed by atoms with van der Waals surface area (Å²) in [6, 6.07) is 3.74. The lowest BCUT2D eigenvalue weighted by molar-refractivity contribution is -0.131. The van der Waals surface area contributed by atoms with Crippen LogP contribution in [0, 0.1) is 17.6 Å². The maximum Gasteiger partial charge on any atom is 0.235 e. The zero-order valence-electron chi connectivity index (χ0n) is 11.7. The fourth-order valence-corrected chi connectivity index (χ4v) is 3.27. The average molecular weight is 299 g/mol. The minimum atomic E-state index is -0.874. The van der Waals surface area contributed by atoms with Crippen LogP contribution in [0.4, 0.5) is 8.78 Å². The minimum Gasteiger partial charge on any atom is -0.342 e. The molecule has 1 saturated heterocycles. The maximum atomic E-state index is 13.1. The van der Waals surface area contributed by atoms with Crippen LogP contribution in [-0.2, 0) is 4.79 Å². The normalized spacial score (nSPS) is 18.1. The number of piperidine rings is 1. The predicted molar refractivity (Wildman–Crippen MR) is 76.7 cm³/mol. The highest BCUT2D eigenvalue weighted by Crippen LogP contribution is 2.27. The number of thioether (sulfide) groups is 1. The minimum absolute atomic E-state index is 0.0756. The number of amides is 1. The second-order valence-electron chi connectivity index (χ2n) is 5.34. The molecule has 1 aromatic rings. The van der Waals surface area contributed by atoms with Crippen LogP contribution in [0.2, 0.25) is 0 Å². The van der Waals surface area contributed by atoms with Gasteiger partial charge in [-0.05, 0) is 43.9 Å². The lowest BCUT2D eigenvalue weighted by Crippen LogP contribution is -2.41. The molecule has 0 aromatic heterocycles. The number of carbonyl (C=O) groups is 1. The Morgan fingerprint density at radius 3 is 2.55 bits per heavy atom. The topological polar surface area (TPSA) is 20.3 Å². The molecule has 0 spiro atoms. The number of hydrogen-bond acceptors (Lipinski definition) is 2. The molecule has 1 fully saturated rings. The van der Waals surface area contributed by atoms with Crippen molar-refractivity contribution < 1.29 is 13.6 Å². The lowest BCUT2D eigenvalue weighted by Gasteiger charge is -2.32. The quantitative estimate of drug-likeness (QED) is 0.793. The second-order valence-corrected chi connectivity index (χ2v) is 6.76. The Kier molecular flexibility index (Phi) is 5.02. The Labute approximate surface area is 122 Å². The third-order valence-electron chi connectivity index (χ3n) is 3.65.